The second-order valence-electron chi connectivity index (χ2n) is 22.8. The molecule has 440 valence electrons. The fraction of sp³-hybridized carbons (Fsp3) is 0.881. The predicted molar refractivity (Wildman–Crippen MR) is 319 cm³/mol. The summed E-state index contributed by atoms with van der Waals surface area (Å²) in [6.45, 7) is 8.23. The van der Waals surface area contributed by atoms with Crippen molar-refractivity contribution in [2.75, 3.05) is 26.4 Å². The van der Waals surface area contributed by atoms with Crippen LogP contribution in [0.5, 0.6) is 17.2 Å². The van der Waals surface area contributed by atoms with Crippen molar-refractivity contribution in [1.82, 2.24) is 0 Å². The first kappa shape index (κ1) is 70.5. The molecule has 0 bridgehead atoms. The van der Waals surface area contributed by atoms with Crippen LogP contribution in [0.1, 0.15) is 347 Å². The van der Waals surface area contributed by atoms with Gasteiger partial charge in [-0.15, -0.1) is 0 Å². The lowest BCUT2D eigenvalue weighted by atomic mass is 10.0. The van der Waals surface area contributed by atoms with E-state index in [1.807, 2.05) is 12.1 Å². The van der Waals surface area contributed by atoms with E-state index in [4.69, 9.17) is 18.9 Å². The molecule has 0 aliphatic heterocycles. The molecule has 1 unspecified atom stereocenters. The van der Waals surface area contributed by atoms with Crippen molar-refractivity contribution in [3.63, 3.8) is 0 Å². The molecular weight excluding hydrogens is 933 g/mol. The number of carboxylic acid groups (broad SMARTS) is 1. The normalized spacial score (nSPS) is 11.8. The Labute approximate surface area is 464 Å². The highest BCUT2D eigenvalue weighted by Crippen LogP contribution is 2.40. The average molecular weight is 1060 g/mol. The number of ether oxygens (including phenoxy) is 4. The molecule has 0 aliphatic rings. The molecule has 0 saturated heterocycles. The molecule has 0 aromatic heterocycles. The van der Waals surface area contributed by atoms with Crippen molar-refractivity contribution in [3.8, 4) is 17.2 Å². The standard InChI is InChI=1S/C67H124O8/c1-4-7-10-13-16-19-22-25-28-31-34-37-40-43-46-49-54-72-63-57-61(60-75-67(71)62(52-53-68)59-65(69)70)58-64(73-55-50-47-44-41-38-35-32-29-26-23-20-17-14-11-8-5-2)66(63)74-56-51-48-45-42-39-36-33-30-27-24-21-18-15-12-9-6-3/h57-58,62,68H,4-56,59-60H2,1-3H3,(H,69,70). The Bertz CT molecular complexity index is 1310. The summed E-state index contributed by atoms with van der Waals surface area (Å²) in [6.07, 6.45) is 62.9. The van der Waals surface area contributed by atoms with Crippen LogP contribution >= 0.6 is 0 Å². The van der Waals surface area contributed by atoms with Crippen LogP contribution in [0.2, 0.25) is 0 Å². The molecule has 1 rings (SSSR count). The van der Waals surface area contributed by atoms with E-state index in [9.17, 15) is 19.8 Å². The molecule has 1 aromatic carbocycles. The Balaban J connectivity index is 2.80. The topological polar surface area (TPSA) is 112 Å². The third-order valence-electron chi connectivity index (χ3n) is 15.4. The molecule has 8 nitrogen and oxygen atoms in total. The minimum absolute atomic E-state index is 0.0403. The average Bonchev–Trinajstić information content (AvgIpc) is 3.40. The molecule has 2 N–H and O–H groups in total. The summed E-state index contributed by atoms with van der Waals surface area (Å²) in [5.74, 6) is -0.776. The van der Waals surface area contributed by atoms with E-state index in [0.29, 0.717) is 42.6 Å². The van der Waals surface area contributed by atoms with Gasteiger partial charge in [0.25, 0.3) is 0 Å². The maximum absolute atomic E-state index is 13.1. The van der Waals surface area contributed by atoms with Crippen LogP contribution in [-0.4, -0.2) is 48.6 Å². The number of carbonyl (C=O) groups excluding carboxylic acids is 1. The van der Waals surface area contributed by atoms with Crippen molar-refractivity contribution >= 4 is 11.9 Å². The van der Waals surface area contributed by atoms with E-state index in [1.54, 1.807) is 0 Å². The molecule has 1 atom stereocenters. The zero-order valence-corrected chi connectivity index (χ0v) is 50.0. The van der Waals surface area contributed by atoms with E-state index < -0.39 is 17.9 Å². The lowest BCUT2D eigenvalue weighted by Crippen LogP contribution is -2.22. The highest BCUT2D eigenvalue weighted by Gasteiger charge is 2.24. The van der Waals surface area contributed by atoms with Gasteiger partial charge < -0.3 is 29.2 Å². The van der Waals surface area contributed by atoms with Crippen LogP contribution in [0.3, 0.4) is 0 Å². The Kier molecular flexibility index (Phi) is 52.9. The van der Waals surface area contributed by atoms with Crippen molar-refractivity contribution < 1.29 is 38.7 Å². The monoisotopic (exact) mass is 1060 g/mol. The van der Waals surface area contributed by atoms with Gasteiger partial charge in [0.05, 0.1) is 32.2 Å². The summed E-state index contributed by atoms with van der Waals surface area (Å²) >= 11 is 0. The summed E-state index contributed by atoms with van der Waals surface area (Å²) in [7, 11) is 0. The Morgan fingerprint density at radius 2 is 0.640 bits per heavy atom. The first-order chi connectivity index (χ1) is 37.0. The number of benzene rings is 1. The summed E-state index contributed by atoms with van der Waals surface area (Å²) in [5.41, 5.74) is 0.708. The van der Waals surface area contributed by atoms with E-state index in [0.717, 1.165) is 38.5 Å². The lowest BCUT2D eigenvalue weighted by Gasteiger charge is -2.19. The zero-order chi connectivity index (χ0) is 54.2. The number of aliphatic carboxylic acids is 1. The number of carbonyl (C=O) groups is 2. The Morgan fingerprint density at radius 1 is 0.387 bits per heavy atom. The molecule has 75 heavy (non-hydrogen) atoms. The number of hydrogen-bond donors (Lipinski definition) is 2. The second-order valence-corrected chi connectivity index (χ2v) is 22.8. The van der Waals surface area contributed by atoms with Gasteiger partial charge in [0.1, 0.15) is 6.61 Å². The third kappa shape index (κ3) is 46.2. The van der Waals surface area contributed by atoms with Crippen LogP contribution in [0.25, 0.3) is 0 Å². The number of unbranched alkanes of at least 4 members (excludes halogenated alkanes) is 45. The molecule has 0 radical (unpaired) electrons. The third-order valence-corrected chi connectivity index (χ3v) is 15.4. The minimum atomic E-state index is -1.09. The van der Waals surface area contributed by atoms with Gasteiger partial charge in [0.2, 0.25) is 5.75 Å². The van der Waals surface area contributed by atoms with E-state index in [1.165, 1.54) is 270 Å². The van der Waals surface area contributed by atoms with Gasteiger partial charge in [-0.2, -0.15) is 0 Å². The van der Waals surface area contributed by atoms with Crippen LogP contribution in [0.15, 0.2) is 12.1 Å². The summed E-state index contributed by atoms with van der Waals surface area (Å²) < 4.78 is 25.4. The van der Waals surface area contributed by atoms with E-state index >= 15 is 0 Å². The van der Waals surface area contributed by atoms with Crippen molar-refractivity contribution in [2.45, 2.75) is 348 Å². The smallest absolute Gasteiger partial charge is 0.309 e. The zero-order valence-electron chi connectivity index (χ0n) is 50.0. The van der Waals surface area contributed by atoms with Gasteiger partial charge in [-0.3, -0.25) is 9.59 Å². The fourth-order valence-electron chi connectivity index (χ4n) is 10.5. The van der Waals surface area contributed by atoms with Crippen molar-refractivity contribution in [1.29, 1.82) is 0 Å². The van der Waals surface area contributed by atoms with Crippen LogP contribution in [0.4, 0.5) is 0 Å². The molecule has 8 heteroatoms. The maximum Gasteiger partial charge on any atom is 0.309 e. The highest BCUT2D eigenvalue weighted by atomic mass is 16.5. The van der Waals surface area contributed by atoms with Gasteiger partial charge in [-0.05, 0) is 43.4 Å². The number of carboxylic acids is 1. The lowest BCUT2D eigenvalue weighted by molar-refractivity contribution is -0.154. The predicted octanol–water partition coefficient (Wildman–Crippen LogP) is 21.1. The second kappa shape index (κ2) is 56.2. The van der Waals surface area contributed by atoms with Gasteiger partial charge in [-0.25, -0.2) is 0 Å². The number of hydrogen-bond acceptors (Lipinski definition) is 7. The highest BCUT2D eigenvalue weighted by molar-refractivity contribution is 5.79. The summed E-state index contributed by atoms with van der Waals surface area (Å²) in [5, 5.41) is 18.9. The number of aliphatic hydroxyl groups excluding tert-OH is 1. The van der Waals surface area contributed by atoms with Crippen LogP contribution < -0.4 is 14.2 Å². The SMILES string of the molecule is CCCCCCCCCCCCCCCCCCOc1cc(COC(=O)C(CCO)CC(=O)O)cc(OCCCCCCCCCCCCCCCCCC)c1OCCCCCCCCCCCCCCCCCC. The minimum Gasteiger partial charge on any atom is -0.490 e. The van der Waals surface area contributed by atoms with Gasteiger partial charge in [0, 0.05) is 6.61 Å². The van der Waals surface area contributed by atoms with Gasteiger partial charge >= 0.3 is 11.9 Å². The Hall–Kier alpha value is -2.48. The van der Waals surface area contributed by atoms with Crippen LogP contribution in [0, 0.1) is 5.92 Å². The molecule has 0 spiro atoms. The molecule has 0 aliphatic carbocycles. The number of esters is 1. The van der Waals surface area contributed by atoms with Gasteiger partial charge in [-0.1, -0.05) is 310 Å². The molecule has 0 saturated carbocycles. The molecule has 0 amide bonds. The number of aliphatic hydroxyl groups is 1. The van der Waals surface area contributed by atoms with Crippen molar-refractivity contribution in [3.05, 3.63) is 17.7 Å². The summed E-state index contributed by atoms with van der Waals surface area (Å²) in [6, 6.07) is 3.81. The largest absolute Gasteiger partial charge is 0.490 e. The first-order valence-electron chi connectivity index (χ1n) is 33.0. The molecule has 1 aromatic rings. The molecular formula is C67H124O8. The van der Waals surface area contributed by atoms with E-state index in [2.05, 4.69) is 20.8 Å². The molecule has 0 fully saturated rings. The Morgan fingerprint density at radius 3 is 0.893 bits per heavy atom. The van der Waals surface area contributed by atoms with Gasteiger partial charge in [0.15, 0.2) is 11.5 Å². The van der Waals surface area contributed by atoms with Crippen molar-refractivity contribution in [2.24, 2.45) is 5.92 Å². The fourth-order valence-corrected chi connectivity index (χ4v) is 10.5. The first-order valence-corrected chi connectivity index (χ1v) is 33.0. The quantitative estimate of drug-likeness (QED) is 0.0490. The summed E-state index contributed by atoms with van der Waals surface area (Å²) in [4.78, 5) is 24.6. The van der Waals surface area contributed by atoms with E-state index in [-0.39, 0.29) is 26.1 Å². The van der Waals surface area contributed by atoms with Crippen LogP contribution in [-0.2, 0) is 20.9 Å². The maximum atomic E-state index is 13.1. The number of rotatable bonds is 61. The molecule has 0 heterocycles.